The fourth-order valence-corrected chi connectivity index (χ4v) is 3.09. The highest BCUT2D eigenvalue weighted by molar-refractivity contribution is 5.92. The first-order valence-electron chi connectivity index (χ1n) is 9.09. The average molecular weight is 373 g/mol. The summed E-state index contributed by atoms with van der Waals surface area (Å²) in [6, 6.07) is 5.62. The number of hydrogen-bond acceptors (Lipinski definition) is 7. The van der Waals surface area contributed by atoms with E-state index in [1.54, 1.807) is 6.92 Å². The van der Waals surface area contributed by atoms with Crippen LogP contribution in [-0.4, -0.2) is 42.0 Å². The molecule has 2 atom stereocenters. The van der Waals surface area contributed by atoms with Crippen LogP contribution in [0.25, 0.3) is 0 Å². The van der Waals surface area contributed by atoms with E-state index in [1.165, 1.54) is 0 Å². The van der Waals surface area contributed by atoms with E-state index < -0.39 is 0 Å². The Morgan fingerprint density at radius 1 is 1.26 bits per heavy atom. The number of guanidine groups is 1. The number of nitrogens with one attached hydrogen (secondary N) is 1. The van der Waals surface area contributed by atoms with Gasteiger partial charge in [0.05, 0.1) is 25.9 Å². The van der Waals surface area contributed by atoms with Crippen LogP contribution >= 0.6 is 0 Å². The largest absolute Gasteiger partial charge is 0.490 e. The zero-order valence-corrected chi connectivity index (χ0v) is 15.2. The van der Waals surface area contributed by atoms with Crippen molar-refractivity contribution in [3.05, 3.63) is 29.9 Å². The van der Waals surface area contributed by atoms with Gasteiger partial charge in [0.2, 0.25) is 0 Å². The molecule has 9 heteroatoms. The number of anilines is 1. The van der Waals surface area contributed by atoms with Crippen LogP contribution in [0.3, 0.4) is 0 Å². The molecule has 3 heterocycles. The zero-order valence-electron chi connectivity index (χ0n) is 15.2. The molecule has 9 nitrogen and oxygen atoms in total. The third-order valence-electron chi connectivity index (χ3n) is 4.41. The molecule has 27 heavy (non-hydrogen) atoms. The highest BCUT2D eigenvalue weighted by Gasteiger charge is 2.30. The fraction of sp³-hybridized carbons (Fsp3) is 0.500. The molecule has 2 aliphatic heterocycles. The Labute approximate surface area is 156 Å². The van der Waals surface area contributed by atoms with Crippen LogP contribution in [0.1, 0.15) is 37.1 Å². The van der Waals surface area contributed by atoms with Crippen LogP contribution in [0.2, 0.25) is 0 Å². The molecule has 0 saturated carbocycles. The van der Waals surface area contributed by atoms with E-state index in [0.29, 0.717) is 43.2 Å². The maximum absolute atomic E-state index is 6.01. The summed E-state index contributed by atoms with van der Waals surface area (Å²) < 4.78 is 22.4. The molecule has 1 aromatic heterocycles. The molecule has 2 aromatic rings. The van der Waals surface area contributed by atoms with Crippen molar-refractivity contribution in [1.29, 1.82) is 0 Å². The van der Waals surface area contributed by atoms with E-state index in [-0.39, 0.29) is 12.2 Å². The second kappa shape index (κ2) is 7.83. The number of nitrogens with two attached hydrogens (primary N) is 1. The van der Waals surface area contributed by atoms with E-state index in [0.717, 1.165) is 30.7 Å². The molecular formula is C18H23N5O4. The number of fused-ring (bicyclic) bond motifs is 1. The summed E-state index contributed by atoms with van der Waals surface area (Å²) in [6.45, 7) is 3.55. The molecule has 1 fully saturated rings. The summed E-state index contributed by atoms with van der Waals surface area (Å²) in [5.41, 5.74) is 6.81. The number of ether oxygens (including phenoxy) is 3. The molecule has 0 bridgehead atoms. The number of aliphatic imine (C=N–C) groups is 1. The highest BCUT2D eigenvalue weighted by atomic mass is 16.5. The third kappa shape index (κ3) is 4.30. The number of benzene rings is 1. The predicted octanol–water partition coefficient (Wildman–Crippen LogP) is 2.19. The van der Waals surface area contributed by atoms with E-state index in [1.807, 2.05) is 18.2 Å². The molecule has 3 N–H and O–H groups in total. The van der Waals surface area contributed by atoms with E-state index in [9.17, 15) is 0 Å². The van der Waals surface area contributed by atoms with Crippen LogP contribution in [0.15, 0.2) is 27.7 Å². The van der Waals surface area contributed by atoms with Gasteiger partial charge in [-0.25, -0.2) is 0 Å². The highest BCUT2D eigenvalue weighted by Crippen LogP contribution is 2.33. The maximum atomic E-state index is 6.01. The summed E-state index contributed by atoms with van der Waals surface area (Å²) in [5.74, 6) is 2.92. The van der Waals surface area contributed by atoms with Gasteiger partial charge in [0.1, 0.15) is 6.10 Å². The van der Waals surface area contributed by atoms with Crippen LogP contribution in [0.4, 0.5) is 5.69 Å². The minimum absolute atomic E-state index is 0.0219. The van der Waals surface area contributed by atoms with E-state index in [2.05, 4.69) is 20.4 Å². The first-order valence-corrected chi connectivity index (χ1v) is 9.09. The molecule has 1 saturated heterocycles. The van der Waals surface area contributed by atoms with Gasteiger partial charge in [0.25, 0.3) is 5.89 Å². The summed E-state index contributed by atoms with van der Waals surface area (Å²) in [4.78, 5) is 8.61. The van der Waals surface area contributed by atoms with E-state index >= 15 is 0 Å². The first kappa shape index (κ1) is 17.6. The molecule has 4 rings (SSSR count). The number of aromatic nitrogens is 2. The third-order valence-corrected chi connectivity index (χ3v) is 4.41. The summed E-state index contributed by atoms with van der Waals surface area (Å²) in [5, 5.41) is 6.88. The fourth-order valence-electron chi connectivity index (χ4n) is 3.09. The SMILES string of the molecule is Cc1noc([C@@H]2CC[C@H](CN=C(N)Nc3ccc4c(c3)OCCCO4)O2)n1. The summed E-state index contributed by atoms with van der Waals surface area (Å²) in [7, 11) is 0. The van der Waals surface area contributed by atoms with Crippen molar-refractivity contribution in [2.45, 2.75) is 38.4 Å². The monoisotopic (exact) mass is 373 g/mol. The molecular weight excluding hydrogens is 350 g/mol. The minimum atomic E-state index is -0.165. The van der Waals surface area contributed by atoms with Gasteiger partial charge in [0.15, 0.2) is 23.3 Å². The zero-order chi connectivity index (χ0) is 18.6. The Kier molecular flexibility index (Phi) is 5.10. The quantitative estimate of drug-likeness (QED) is 0.619. The van der Waals surface area contributed by atoms with Crippen LogP contribution in [-0.2, 0) is 4.74 Å². The van der Waals surface area contributed by atoms with Crippen molar-refractivity contribution in [2.75, 3.05) is 25.1 Å². The molecule has 144 valence electrons. The smallest absolute Gasteiger partial charge is 0.255 e. The molecule has 1 aromatic carbocycles. The molecule has 0 amide bonds. The second-order valence-corrected chi connectivity index (χ2v) is 6.57. The molecule has 0 radical (unpaired) electrons. The number of hydrogen-bond donors (Lipinski definition) is 2. The Bertz CT molecular complexity index is 822. The maximum Gasteiger partial charge on any atom is 0.255 e. The van der Waals surface area contributed by atoms with Crippen molar-refractivity contribution >= 4 is 11.6 Å². The minimum Gasteiger partial charge on any atom is -0.490 e. The van der Waals surface area contributed by atoms with Gasteiger partial charge in [-0.05, 0) is 31.9 Å². The molecule has 0 unspecified atom stereocenters. The van der Waals surface area contributed by atoms with Crippen molar-refractivity contribution in [2.24, 2.45) is 10.7 Å². The summed E-state index contributed by atoms with van der Waals surface area (Å²) >= 11 is 0. The average Bonchev–Trinajstić information content (AvgIpc) is 3.23. The van der Waals surface area contributed by atoms with Crippen molar-refractivity contribution in [1.82, 2.24) is 10.1 Å². The Morgan fingerprint density at radius 3 is 2.93 bits per heavy atom. The molecule has 0 aliphatic carbocycles. The van der Waals surface area contributed by atoms with Gasteiger partial charge in [-0.1, -0.05) is 5.16 Å². The van der Waals surface area contributed by atoms with Gasteiger partial charge in [-0.15, -0.1) is 0 Å². The number of rotatable bonds is 4. The predicted molar refractivity (Wildman–Crippen MR) is 98.0 cm³/mol. The van der Waals surface area contributed by atoms with Crippen LogP contribution in [0.5, 0.6) is 11.5 Å². The van der Waals surface area contributed by atoms with Gasteiger partial charge < -0.3 is 29.8 Å². The van der Waals surface area contributed by atoms with Gasteiger partial charge in [-0.3, -0.25) is 4.99 Å². The number of aryl methyl sites for hydroxylation is 1. The molecule has 2 aliphatic rings. The lowest BCUT2D eigenvalue weighted by Gasteiger charge is -2.12. The first-order chi connectivity index (χ1) is 13.2. The van der Waals surface area contributed by atoms with Crippen LogP contribution in [0, 0.1) is 6.92 Å². The van der Waals surface area contributed by atoms with Gasteiger partial charge in [-0.2, -0.15) is 4.98 Å². The normalized spacial score (nSPS) is 22.5. The Morgan fingerprint density at radius 2 is 2.11 bits per heavy atom. The van der Waals surface area contributed by atoms with E-state index in [4.69, 9.17) is 24.5 Å². The Hall–Kier alpha value is -2.81. The molecule has 0 spiro atoms. The van der Waals surface area contributed by atoms with Gasteiger partial charge in [0, 0.05) is 18.2 Å². The second-order valence-electron chi connectivity index (χ2n) is 6.57. The number of nitrogens with zero attached hydrogens (tertiary/aromatic N) is 3. The topological polar surface area (TPSA) is 117 Å². The van der Waals surface area contributed by atoms with Crippen molar-refractivity contribution < 1.29 is 18.7 Å². The lowest BCUT2D eigenvalue weighted by Crippen LogP contribution is -2.24. The van der Waals surface area contributed by atoms with Crippen LogP contribution < -0.4 is 20.5 Å². The van der Waals surface area contributed by atoms with Gasteiger partial charge >= 0.3 is 0 Å². The van der Waals surface area contributed by atoms with Crippen molar-refractivity contribution in [3.63, 3.8) is 0 Å². The van der Waals surface area contributed by atoms with Crippen molar-refractivity contribution in [3.8, 4) is 11.5 Å². The summed E-state index contributed by atoms with van der Waals surface area (Å²) in [6.07, 6.45) is 2.38. The standard InChI is InChI=1S/C18H23N5O4/c1-11-21-17(27-23-11)15-6-4-13(26-15)10-20-18(19)22-12-3-5-14-16(9-12)25-8-2-7-24-14/h3,5,9,13,15H,2,4,6-8,10H2,1H3,(H3,19,20,22)/t13-,15+/m1/s1. The lowest BCUT2D eigenvalue weighted by atomic mass is 10.2. The Balaban J connectivity index is 1.32. The lowest BCUT2D eigenvalue weighted by molar-refractivity contribution is 0.0309.